The van der Waals surface area contributed by atoms with Crippen molar-refractivity contribution in [3.8, 4) is 11.3 Å². The number of hydrogen-bond acceptors (Lipinski definition) is 7. The molecule has 2 aromatic carbocycles. The quantitative estimate of drug-likeness (QED) is 0.230. The summed E-state index contributed by atoms with van der Waals surface area (Å²) >= 11 is 1.98. The SMILES string of the molecule is CC(=O)Nc1cccc(-c2nn(C[C@@H](O)CO)c(=O)c3c(Nc4ccc(I)cc4F)c(C)c(=O)n(C)c23)c1. The molecule has 12 heteroatoms. The molecule has 198 valence electrons. The molecule has 0 saturated carbocycles. The van der Waals surface area contributed by atoms with E-state index in [4.69, 9.17) is 0 Å². The summed E-state index contributed by atoms with van der Waals surface area (Å²) in [6, 6.07) is 11.2. The van der Waals surface area contributed by atoms with Crippen molar-refractivity contribution in [2.45, 2.75) is 26.5 Å². The van der Waals surface area contributed by atoms with Crippen LogP contribution in [0.1, 0.15) is 12.5 Å². The summed E-state index contributed by atoms with van der Waals surface area (Å²) in [7, 11) is 1.50. The molecule has 2 heterocycles. The smallest absolute Gasteiger partial charge is 0.278 e. The van der Waals surface area contributed by atoms with Crippen molar-refractivity contribution in [2.75, 3.05) is 17.2 Å². The Balaban J connectivity index is 2.10. The van der Waals surface area contributed by atoms with Gasteiger partial charge in [-0.3, -0.25) is 14.4 Å². The molecule has 2 aromatic heterocycles. The molecule has 10 nitrogen and oxygen atoms in total. The van der Waals surface area contributed by atoms with Crippen LogP contribution in [0.5, 0.6) is 0 Å². The van der Waals surface area contributed by atoms with Gasteiger partial charge in [0.25, 0.3) is 11.1 Å². The molecule has 0 aliphatic heterocycles. The highest BCUT2D eigenvalue weighted by Gasteiger charge is 2.23. The molecule has 0 aliphatic rings. The number of carbonyl (C=O) groups is 1. The lowest BCUT2D eigenvalue weighted by molar-refractivity contribution is -0.114. The molecule has 0 unspecified atom stereocenters. The second-order valence-corrected chi connectivity index (χ2v) is 10.0. The summed E-state index contributed by atoms with van der Waals surface area (Å²) in [6.45, 7) is 1.96. The number of pyridine rings is 1. The number of rotatable bonds is 7. The fourth-order valence-electron chi connectivity index (χ4n) is 4.17. The number of halogens is 2. The van der Waals surface area contributed by atoms with Gasteiger partial charge >= 0.3 is 0 Å². The zero-order chi connectivity index (χ0) is 27.7. The van der Waals surface area contributed by atoms with E-state index in [9.17, 15) is 29.0 Å². The van der Waals surface area contributed by atoms with Gasteiger partial charge in [-0.2, -0.15) is 5.10 Å². The molecule has 1 amide bonds. The number of fused-ring (bicyclic) bond motifs is 1. The van der Waals surface area contributed by atoms with Crippen LogP contribution in [0, 0.1) is 16.3 Å². The topological polar surface area (TPSA) is 138 Å². The van der Waals surface area contributed by atoms with Crippen LogP contribution in [0.4, 0.5) is 21.5 Å². The van der Waals surface area contributed by atoms with Crippen molar-refractivity contribution in [3.05, 3.63) is 78.1 Å². The van der Waals surface area contributed by atoms with Crippen molar-refractivity contribution >= 4 is 56.5 Å². The fourth-order valence-corrected chi connectivity index (χ4v) is 4.62. The van der Waals surface area contributed by atoms with E-state index < -0.39 is 29.6 Å². The van der Waals surface area contributed by atoms with E-state index in [0.717, 1.165) is 4.68 Å². The first-order chi connectivity index (χ1) is 18.0. The van der Waals surface area contributed by atoms with Crippen LogP contribution in [0.25, 0.3) is 22.2 Å². The van der Waals surface area contributed by atoms with Crippen LogP contribution >= 0.6 is 22.6 Å². The Bertz CT molecular complexity index is 1680. The Morgan fingerprint density at radius 1 is 1.18 bits per heavy atom. The number of aryl methyl sites for hydroxylation is 1. The second-order valence-electron chi connectivity index (χ2n) is 8.77. The Hall–Kier alpha value is -3.62. The van der Waals surface area contributed by atoms with Gasteiger partial charge in [0.15, 0.2) is 0 Å². The highest BCUT2D eigenvalue weighted by atomic mass is 127. The van der Waals surface area contributed by atoms with E-state index in [0.29, 0.717) is 14.8 Å². The van der Waals surface area contributed by atoms with E-state index in [-0.39, 0.29) is 46.0 Å². The van der Waals surface area contributed by atoms with Crippen molar-refractivity contribution < 1.29 is 19.4 Å². The number of nitrogens with one attached hydrogen (secondary N) is 2. The zero-order valence-electron chi connectivity index (χ0n) is 20.7. The summed E-state index contributed by atoms with van der Waals surface area (Å²) < 4.78 is 17.8. The molecule has 38 heavy (non-hydrogen) atoms. The maximum atomic E-state index is 14.8. The van der Waals surface area contributed by atoms with Gasteiger partial charge in [-0.05, 0) is 59.8 Å². The number of anilines is 3. The summed E-state index contributed by atoms with van der Waals surface area (Å²) in [6.07, 6.45) is -1.28. The third kappa shape index (κ3) is 5.33. The van der Waals surface area contributed by atoms with Crippen LogP contribution in [0.3, 0.4) is 0 Å². The Morgan fingerprint density at radius 2 is 1.92 bits per heavy atom. The van der Waals surface area contributed by atoms with E-state index >= 15 is 0 Å². The van der Waals surface area contributed by atoms with Gasteiger partial charge < -0.3 is 25.4 Å². The summed E-state index contributed by atoms with van der Waals surface area (Å²) in [4.78, 5) is 38.7. The van der Waals surface area contributed by atoms with E-state index in [1.165, 1.54) is 37.6 Å². The van der Waals surface area contributed by atoms with Gasteiger partial charge in [-0.25, -0.2) is 9.07 Å². The Morgan fingerprint density at radius 3 is 2.58 bits per heavy atom. The summed E-state index contributed by atoms with van der Waals surface area (Å²) in [5, 5.41) is 29.6. The maximum absolute atomic E-state index is 14.8. The molecular weight excluding hydrogens is 608 g/mol. The third-order valence-electron chi connectivity index (χ3n) is 5.96. The van der Waals surface area contributed by atoms with Crippen LogP contribution in [0.15, 0.2) is 52.1 Å². The van der Waals surface area contributed by atoms with Crippen molar-refractivity contribution in [3.63, 3.8) is 0 Å². The van der Waals surface area contributed by atoms with E-state index in [1.54, 1.807) is 30.3 Å². The minimum Gasteiger partial charge on any atom is -0.394 e. The molecule has 0 saturated heterocycles. The van der Waals surface area contributed by atoms with Crippen LogP contribution in [-0.2, 0) is 18.4 Å². The average molecular weight is 633 g/mol. The van der Waals surface area contributed by atoms with Crippen molar-refractivity contribution in [1.29, 1.82) is 0 Å². The second kappa shape index (κ2) is 11.0. The highest BCUT2D eigenvalue weighted by Crippen LogP contribution is 2.32. The van der Waals surface area contributed by atoms with Gasteiger partial charge in [0, 0.05) is 34.4 Å². The van der Waals surface area contributed by atoms with Crippen molar-refractivity contribution in [2.24, 2.45) is 7.05 Å². The number of benzene rings is 2. The minimum atomic E-state index is -1.28. The minimum absolute atomic E-state index is 0.0441. The molecular formula is C26H25FIN5O5. The van der Waals surface area contributed by atoms with Crippen molar-refractivity contribution in [1.82, 2.24) is 14.3 Å². The number of aromatic nitrogens is 3. The van der Waals surface area contributed by atoms with Gasteiger partial charge in [0.2, 0.25) is 5.91 Å². The predicted molar refractivity (Wildman–Crippen MR) is 151 cm³/mol. The number of carbonyl (C=O) groups excluding carboxylic acids is 1. The number of nitrogens with zero attached hydrogens (tertiary/aromatic N) is 3. The van der Waals surface area contributed by atoms with Crippen LogP contribution < -0.4 is 21.8 Å². The van der Waals surface area contributed by atoms with Gasteiger partial charge in [-0.15, -0.1) is 0 Å². The molecule has 4 N–H and O–H groups in total. The van der Waals surface area contributed by atoms with Gasteiger partial charge in [0.05, 0.1) is 41.5 Å². The molecule has 4 aromatic rings. The van der Waals surface area contributed by atoms with Crippen LogP contribution in [-0.4, -0.2) is 43.2 Å². The normalized spacial score (nSPS) is 12.0. The van der Waals surface area contributed by atoms with E-state index in [1.807, 2.05) is 22.6 Å². The fraction of sp³-hybridized carbons (Fsp3) is 0.231. The Kier molecular flexibility index (Phi) is 7.94. The third-order valence-corrected chi connectivity index (χ3v) is 6.63. The Labute approximate surface area is 229 Å². The summed E-state index contributed by atoms with van der Waals surface area (Å²) in [5.74, 6) is -0.858. The van der Waals surface area contributed by atoms with Gasteiger partial charge in [0.1, 0.15) is 11.5 Å². The highest BCUT2D eigenvalue weighted by molar-refractivity contribution is 14.1. The first kappa shape index (κ1) is 27.4. The van der Waals surface area contributed by atoms with E-state index in [2.05, 4.69) is 15.7 Å². The van der Waals surface area contributed by atoms with Crippen LogP contribution in [0.2, 0.25) is 0 Å². The molecule has 4 rings (SSSR count). The molecule has 0 spiro atoms. The first-order valence-electron chi connectivity index (χ1n) is 11.5. The lowest BCUT2D eigenvalue weighted by atomic mass is 10.0. The number of aliphatic hydroxyl groups is 2. The molecule has 0 radical (unpaired) electrons. The lowest BCUT2D eigenvalue weighted by Gasteiger charge is -2.20. The molecule has 1 atom stereocenters. The number of amides is 1. The standard InChI is InChI=1S/C26H25FIN5O5/c1-13-22(30-20-8-7-16(28)10-19(20)27)21-24(32(3)25(13)37)23(31-33(26(21)38)11-18(36)12-34)15-5-4-6-17(9-15)29-14(2)35/h4-10,18,30,34,36H,11-12H2,1-3H3,(H,29,35)/t18-/m1/s1. The summed E-state index contributed by atoms with van der Waals surface area (Å²) in [5.41, 5.74) is 0.580. The number of hydrogen-bond donors (Lipinski definition) is 4. The molecule has 0 bridgehead atoms. The monoisotopic (exact) mass is 633 g/mol. The zero-order valence-corrected chi connectivity index (χ0v) is 22.9. The molecule has 0 aliphatic carbocycles. The maximum Gasteiger partial charge on any atom is 0.278 e. The first-order valence-corrected chi connectivity index (χ1v) is 12.6. The lowest BCUT2D eigenvalue weighted by Crippen LogP contribution is -2.33. The average Bonchev–Trinajstić information content (AvgIpc) is 2.87. The number of aliphatic hydroxyl groups excluding tert-OH is 2. The largest absolute Gasteiger partial charge is 0.394 e. The predicted octanol–water partition coefficient (Wildman–Crippen LogP) is 2.87. The van der Waals surface area contributed by atoms with Gasteiger partial charge in [-0.1, -0.05) is 12.1 Å². The molecule has 0 fully saturated rings.